The average molecular weight is 361 g/mol. The van der Waals surface area contributed by atoms with Gasteiger partial charge in [0.1, 0.15) is 11.3 Å². The van der Waals surface area contributed by atoms with Gasteiger partial charge in [0.2, 0.25) is 0 Å². The summed E-state index contributed by atoms with van der Waals surface area (Å²) >= 11 is 1.31. The zero-order valence-electron chi connectivity index (χ0n) is 13.7. The van der Waals surface area contributed by atoms with E-state index in [-0.39, 0.29) is 5.75 Å². The second-order valence-corrected chi connectivity index (χ2v) is 6.58. The highest BCUT2D eigenvalue weighted by molar-refractivity contribution is 7.22. The monoisotopic (exact) mass is 361 g/mol. The molecule has 0 atom stereocenters. The molecule has 0 saturated carbocycles. The molecule has 0 fully saturated rings. The van der Waals surface area contributed by atoms with Gasteiger partial charge in [0.05, 0.1) is 4.70 Å². The van der Waals surface area contributed by atoms with Crippen molar-refractivity contribution < 1.29 is 9.90 Å². The molecule has 5 nitrogen and oxygen atoms in total. The van der Waals surface area contributed by atoms with E-state index in [1.165, 1.54) is 11.3 Å². The van der Waals surface area contributed by atoms with Gasteiger partial charge >= 0.3 is 0 Å². The van der Waals surface area contributed by atoms with Gasteiger partial charge in [-0.1, -0.05) is 47.4 Å². The zero-order chi connectivity index (χ0) is 18.5. The van der Waals surface area contributed by atoms with Crippen molar-refractivity contribution in [2.24, 2.45) is 0 Å². The van der Waals surface area contributed by atoms with E-state index in [1.54, 1.807) is 6.07 Å². The Kier molecular flexibility index (Phi) is 5.07. The predicted octanol–water partition coefficient (Wildman–Crippen LogP) is 2.43. The molecule has 4 N–H and O–H groups in total. The van der Waals surface area contributed by atoms with Crippen LogP contribution >= 0.6 is 11.3 Å². The van der Waals surface area contributed by atoms with Gasteiger partial charge in [-0.05, 0) is 29.2 Å². The van der Waals surface area contributed by atoms with Crippen LogP contribution < -0.4 is 11.1 Å². The molecular formula is C20H15N3O2S. The van der Waals surface area contributed by atoms with Gasteiger partial charge in [0, 0.05) is 18.5 Å². The number of benzene rings is 2. The summed E-state index contributed by atoms with van der Waals surface area (Å²) in [6.07, 6.45) is 5.57. The number of carbonyl (C=O) groups excluding carboxylic acids is 1. The Morgan fingerprint density at radius 1 is 1.31 bits per heavy atom. The van der Waals surface area contributed by atoms with E-state index >= 15 is 0 Å². The van der Waals surface area contributed by atoms with Crippen LogP contribution in [-0.4, -0.2) is 16.0 Å². The van der Waals surface area contributed by atoms with Crippen molar-refractivity contribution in [3.05, 3.63) is 53.1 Å². The number of phenols is 1. The van der Waals surface area contributed by atoms with E-state index in [4.69, 9.17) is 12.2 Å². The molecule has 1 heterocycles. The molecule has 0 aliphatic carbocycles. The Morgan fingerprint density at radius 3 is 2.92 bits per heavy atom. The molecule has 0 spiro atoms. The number of rotatable bonds is 3. The van der Waals surface area contributed by atoms with Gasteiger partial charge in [-0.3, -0.25) is 4.79 Å². The lowest BCUT2D eigenvalue weighted by atomic mass is 10.1. The molecule has 0 aliphatic rings. The Balaban J connectivity index is 1.72. The summed E-state index contributed by atoms with van der Waals surface area (Å²) in [5, 5.41) is 13.1. The highest BCUT2D eigenvalue weighted by Gasteiger charge is 2.07. The zero-order valence-corrected chi connectivity index (χ0v) is 14.6. The van der Waals surface area contributed by atoms with Crippen LogP contribution in [-0.2, 0) is 17.8 Å². The number of hydrogen-bond donors (Lipinski definition) is 3. The molecule has 0 unspecified atom stereocenters. The predicted molar refractivity (Wildman–Crippen MR) is 103 cm³/mol. The number of phenolic OH excluding ortho intramolecular Hbond substituents is 1. The third kappa shape index (κ3) is 4.13. The first-order valence-corrected chi connectivity index (χ1v) is 8.57. The highest BCUT2D eigenvalue weighted by atomic mass is 32.1. The normalized spacial score (nSPS) is 9.96. The van der Waals surface area contributed by atoms with Crippen LogP contribution in [0.2, 0.25) is 0 Å². The maximum absolute atomic E-state index is 11.1. The number of terminal acetylenes is 1. The first-order chi connectivity index (χ1) is 12.5. The van der Waals surface area contributed by atoms with E-state index in [2.05, 4.69) is 22.1 Å². The fraction of sp³-hybridized carbons (Fsp3) is 0.100. The van der Waals surface area contributed by atoms with Crippen molar-refractivity contribution in [2.75, 3.05) is 5.73 Å². The summed E-state index contributed by atoms with van der Waals surface area (Å²) in [7, 11) is 0. The molecule has 0 bridgehead atoms. The summed E-state index contributed by atoms with van der Waals surface area (Å²) < 4.78 is 0.804. The van der Waals surface area contributed by atoms with E-state index in [0.717, 1.165) is 15.8 Å². The molecule has 0 aliphatic heterocycles. The van der Waals surface area contributed by atoms with Gasteiger partial charge in [0.25, 0.3) is 5.91 Å². The van der Waals surface area contributed by atoms with Gasteiger partial charge in [-0.25, -0.2) is 4.98 Å². The average Bonchev–Trinajstić information content (AvgIpc) is 3.01. The lowest BCUT2D eigenvalue weighted by Crippen LogP contribution is -2.20. The van der Waals surface area contributed by atoms with Gasteiger partial charge < -0.3 is 16.2 Å². The van der Waals surface area contributed by atoms with E-state index in [0.29, 0.717) is 29.2 Å². The Hall–Kier alpha value is -3.48. The SMILES string of the molecule is C#CC(=O)NCc1cccc(CC#Cc2cc(O)c3nc(N)sc3c2)c1. The first-order valence-electron chi connectivity index (χ1n) is 7.75. The van der Waals surface area contributed by atoms with Gasteiger partial charge in [-0.2, -0.15) is 0 Å². The molecule has 0 radical (unpaired) electrons. The molecule has 1 amide bonds. The van der Waals surface area contributed by atoms with Crippen LogP contribution in [0.4, 0.5) is 5.13 Å². The van der Waals surface area contributed by atoms with Gasteiger partial charge in [-0.15, -0.1) is 6.42 Å². The molecule has 26 heavy (non-hydrogen) atoms. The van der Waals surface area contributed by atoms with Crippen molar-refractivity contribution in [1.29, 1.82) is 0 Å². The number of carbonyl (C=O) groups is 1. The van der Waals surface area contributed by atoms with E-state index in [9.17, 15) is 9.90 Å². The summed E-state index contributed by atoms with van der Waals surface area (Å²) in [5.74, 6) is 7.79. The molecule has 1 aromatic heterocycles. The number of aromatic hydroxyl groups is 1. The van der Waals surface area contributed by atoms with Crippen molar-refractivity contribution >= 4 is 32.6 Å². The quantitative estimate of drug-likeness (QED) is 0.625. The second kappa shape index (κ2) is 7.60. The minimum absolute atomic E-state index is 0.0750. The number of nitrogens with zero attached hydrogens (tertiary/aromatic N) is 1. The minimum atomic E-state index is -0.436. The molecule has 0 saturated heterocycles. The Bertz CT molecular complexity index is 1080. The number of fused-ring (bicyclic) bond motifs is 1. The molecule has 3 rings (SSSR count). The molecule has 6 heteroatoms. The molecule has 2 aromatic carbocycles. The van der Waals surface area contributed by atoms with Crippen LogP contribution in [0.15, 0.2) is 36.4 Å². The van der Waals surface area contributed by atoms with E-state index < -0.39 is 5.91 Å². The third-order valence-corrected chi connectivity index (χ3v) is 4.42. The summed E-state index contributed by atoms with van der Waals surface area (Å²) in [4.78, 5) is 15.2. The number of nitrogens with two attached hydrogens (primary N) is 1. The smallest absolute Gasteiger partial charge is 0.295 e. The topological polar surface area (TPSA) is 88.2 Å². The number of nitrogen functional groups attached to an aromatic ring is 1. The fourth-order valence-corrected chi connectivity index (χ4v) is 3.23. The standard InChI is InChI=1S/C20H15N3O2S/c1-2-18(25)22-12-15-8-4-6-13(9-15)5-3-7-14-10-16(24)19-17(11-14)26-20(21)23-19/h1,4,6,8-11,24H,5,12H2,(H2,21,23)(H,22,25). The number of nitrogens with one attached hydrogen (secondary N) is 1. The first kappa shape index (κ1) is 17.3. The van der Waals surface area contributed by atoms with Crippen molar-refractivity contribution in [3.63, 3.8) is 0 Å². The number of hydrogen-bond acceptors (Lipinski definition) is 5. The molecular weight excluding hydrogens is 346 g/mol. The molecule has 3 aromatic rings. The van der Waals surface area contributed by atoms with E-state index in [1.807, 2.05) is 36.3 Å². The van der Waals surface area contributed by atoms with Crippen LogP contribution in [0.1, 0.15) is 16.7 Å². The van der Waals surface area contributed by atoms with Crippen LogP contribution in [0.3, 0.4) is 0 Å². The van der Waals surface area contributed by atoms with Gasteiger partial charge in [0.15, 0.2) is 5.13 Å². The summed E-state index contributed by atoms with van der Waals surface area (Å²) in [5.41, 5.74) is 8.86. The molecule has 128 valence electrons. The van der Waals surface area contributed by atoms with Crippen LogP contribution in [0.25, 0.3) is 10.2 Å². The maximum Gasteiger partial charge on any atom is 0.295 e. The maximum atomic E-state index is 11.1. The minimum Gasteiger partial charge on any atom is -0.506 e. The Morgan fingerprint density at radius 2 is 2.12 bits per heavy atom. The second-order valence-electron chi connectivity index (χ2n) is 5.52. The highest BCUT2D eigenvalue weighted by Crippen LogP contribution is 2.31. The number of anilines is 1. The fourth-order valence-electron chi connectivity index (χ4n) is 2.43. The summed E-state index contributed by atoms with van der Waals surface area (Å²) in [6.45, 7) is 0.377. The third-order valence-electron chi connectivity index (χ3n) is 3.59. The van der Waals surface area contributed by atoms with Crippen molar-refractivity contribution in [1.82, 2.24) is 10.3 Å². The lowest BCUT2D eigenvalue weighted by Gasteiger charge is -2.03. The van der Waals surface area contributed by atoms with Crippen molar-refractivity contribution in [2.45, 2.75) is 13.0 Å². The number of thiazole rings is 1. The number of aromatic nitrogens is 1. The Labute approximate surface area is 154 Å². The number of amides is 1. The van der Waals surface area contributed by atoms with Crippen LogP contribution in [0.5, 0.6) is 5.75 Å². The summed E-state index contributed by atoms with van der Waals surface area (Å²) in [6, 6.07) is 11.2. The largest absolute Gasteiger partial charge is 0.506 e. The van der Waals surface area contributed by atoms with Crippen molar-refractivity contribution in [3.8, 4) is 29.9 Å². The van der Waals surface area contributed by atoms with Crippen LogP contribution in [0, 0.1) is 24.2 Å². The lowest BCUT2D eigenvalue weighted by molar-refractivity contribution is -0.115.